The van der Waals surface area contributed by atoms with Crippen LogP contribution in [0.2, 0.25) is 0 Å². The molecule has 0 atom stereocenters. The third-order valence-corrected chi connectivity index (χ3v) is 1.99. The van der Waals surface area contributed by atoms with Gasteiger partial charge in [0.05, 0.1) is 45.5 Å². The molecule has 0 fully saturated rings. The number of hydrogen-bond acceptors (Lipinski definition) is 7. The molecule has 0 radical (unpaired) electrons. The van der Waals surface area contributed by atoms with Gasteiger partial charge < -0.3 is 19.3 Å². The summed E-state index contributed by atoms with van der Waals surface area (Å²) in [6, 6.07) is 0. The van der Waals surface area contributed by atoms with Crippen molar-refractivity contribution in [2.45, 2.75) is 46.5 Å². The van der Waals surface area contributed by atoms with Crippen molar-refractivity contribution in [2.24, 2.45) is 0 Å². The Morgan fingerprint density at radius 1 is 0.636 bits per heavy atom. The van der Waals surface area contributed by atoms with E-state index in [1.165, 1.54) is 0 Å². The molecule has 0 aromatic heterocycles. The average molecular weight is 320 g/mol. The summed E-state index contributed by atoms with van der Waals surface area (Å²) in [4.78, 5) is 41.8. The first-order chi connectivity index (χ1) is 10.4. The minimum atomic E-state index is -0.979. The lowest BCUT2D eigenvalue weighted by atomic mass is 10.3. The smallest absolute Gasteiger partial charge is 0.306 e. The van der Waals surface area contributed by atoms with Crippen LogP contribution >= 0.6 is 0 Å². The monoisotopic (exact) mass is 320 g/mol. The number of esters is 3. The van der Waals surface area contributed by atoms with Gasteiger partial charge in [-0.25, -0.2) is 0 Å². The Balaban J connectivity index is 0. The Labute approximate surface area is 129 Å². The van der Waals surface area contributed by atoms with E-state index in [4.69, 9.17) is 5.11 Å². The highest BCUT2D eigenvalue weighted by molar-refractivity contribution is 5.77. The summed E-state index contributed by atoms with van der Waals surface area (Å²) in [5.74, 6) is -2.14. The summed E-state index contributed by atoms with van der Waals surface area (Å²) >= 11 is 0. The molecule has 0 aromatic rings. The highest BCUT2D eigenvalue weighted by atomic mass is 16.5. The molecular formula is C14H24O8. The van der Waals surface area contributed by atoms with E-state index < -0.39 is 11.9 Å². The SMILES string of the molecule is CCOC(=O)CCC(=O)O.CCOC(=O)CCC(=O)OCC. The quantitative estimate of drug-likeness (QED) is 0.499. The van der Waals surface area contributed by atoms with Gasteiger partial charge in [0.1, 0.15) is 0 Å². The average Bonchev–Trinajstić information content (AvgIpc) is 2.45. The number of hydrogen-bond donors (Lipinski definition) is 1. The summed E-state index contributed by atoms with van der Waals surface area (Å²) in [7, 11) is 0. The van der Waals surface area contributed by atoms with Crippen LogP contribution in [-0.4, -0.2) is 48.8 Å². The van der Waals surface area contributed by atoms with Crippen LogP contribution in [0.15, 0.2) is 0 Å². The van der Waals surface area contributed by atoms with Gasteiger partial charge in [0.25, 0.3) is 0 Å². The zero-order valence-corrected chi connectivity index (χ0v) is 13.3. The van der Waals surface area contributed by atoms with E-state index in [0.717, 1.165) is 0 Å². The number of carbonyl (C=O) groups excluding carboxylic acids is 3. The minimum Gasteiger partial charge on any atom is -0.481 e. The molecule has 0 aliphatic carbocycles. The maximum atomic E-state index is 10.7. The Morgan fingerprint density at radius 3 is 1.14 bits per heavy atom. The van der Waals surface area contributed by atoms with E-state index in [9.17, 15) is 19.2 Å². The van der Waals surface area contributed by atoms with Gasteiger partial charge in [-0.1, -0.05) is 0 Å². The second kappa shape index (κ2) is 15.3. The number of aliphatic carboxylic acids is 1. The molecule has 0 spiro atoms. The van der Waals surface area contributed by atoms with Crippen LogP contribution in [0.5, 0.6) is 0 Å². The molecule has 128 valence electrons. The van der Waals surface area contributed by atoms with Crippen molar-refractivity contribution in [3.05, 3.63) is 0 Å². The zero-order valence-electron chi connectivity index (χ0n) is 13.3. The fourth-order valence-electron chi connectivity index (χ4n) is 1.11. The van der Waals surface area contributed by atoms with Crippen molar-refractivity contribution in [2.75, 3.05) is 19.8 Å². The maximum absolute atomic E-state index is 10.7. The molecule has 0 rings (SSSR count). The number of ether oxygens (including phenoxy) is 3. The van der Waals surface area contributed by atoms with E-state index in [-0.39, 0.29) is 37.6 Å². The minimum absolute atomic E-state index is 0.0385. The lowest BCUT2D eigenvalue weighted by Gasteiger charge is -2.01. The van der Waals surface area contributed by atoms with Gasteiger partial charge in [0.15, 0.2) is 0 Å². The number of carbonyl (C=O) groups is 4. The zero-order chi connectivity index (χ0) is 17.4. The molecule has 0 unspecified atom stereocenters. The van der Waals surface area contributed by atoms with Crippen molar-refractivity contribution in [3.8, 4) is 0 Å². The Kier molecular flexibility index (Phi) is 15.4. The van der Waals surface area contributed by atoms with Crippen LogP contribution in [0.25, 0.3) is 0 Å². The van der Waals surface area contributed by atoms with Crippen LogP contribution in [0.1, 0.15) is 46.5 Å². The van der Waals surface area contributed by atoms with E-state index in [1.807, 2.05) is 0 Å². The highest BCUT2D eigenvalue weighted by Crippen LogP contribution is 1.95. The van der Waals surface area contributed by atoms with Gasteiger partial charge >= 0.3 is 23.9 Å². The van der Waals surface area contributed by atoms with Gasteiger partial charge in [-0.05, 0) is 20.8 Å². The largest absolute Gasteiger partial charge is 0.481 e. The first-order valence-corrected chi connectivity index (χ1v) is 7.05. The molecule has 1 N–H and O–H groups in total. The normalized spacial score (nSPS) is 9.05. The molecule has 0 bridgehead atoms. The van der Waals surface area contributed by atoms with Gasteiger partial charge in [-0.15, -0.1) is 0 Å². The topological polar surface area (TPSA) is 116 Å². The highest BCUT2D eigenvalue weighted by Gasteiger charge is 2.07. The molecule has 0 amide bonds. The van der Waals surface area contributed by atoms with Gasteiger partial charge in [-0.3, -0.25) is 19.2 Å². The van der Waals surface area contributed by atoms with E-state index in [1.54, 1.807) is 20.8 Å². The van der Waals surface area contributed by atoms with Crippen molar-refractivity contribution >= 4 is 23.9 Å². The first-order valence-electron chi connectivity index (χ1n) is 7.05. The molecule has 8 heteroatoms. The summed E-state index contributed by atoms with van der Waals surface area (Å²) < 4.78 is 13.7. The molecular weight excluding hydrogens is 296 g/mol. The standard InChI is InChI=1S/C8H14O4.C6H10O4/c1-3-11-7(9)5-6-8(10)12-4-2;1-2-10-6(9)4-3-5(7)8/h3-6H2,1-2H3;2-4H2,1H3,(H,7,8). The maximum Gasteiger partial charge on any atom is 0.306 e. The van der Waals surface area contributed by atoms with Crippen LogP contribution < -0.4 is 0 Å². The molecule has 0 saturated heterocycles. The predicted molar refractivity (Wildman–Crippen MR) is 76.0 cm³/mol. The number of carboxylic acids is 1. The molecule has 0 heterocycles. The van der Waals surface area contributed by atoms with Crippen LogP contribution in [0.3, 0.4) is 0 Å². The fourth-order valence-corrected chi connectivity index (χ4v) is 1.11. The van der Waals surface area contributed by atoms with Crippen molar-refractivity contribution in [3.63, 3.8) is 0 Å². The van der Waals surface area contributed by atoms with Gasteiger partial charge in [-0.2, -0.15) is 0 Å². The van der Waals surface area contributed by atoms with Crippen LogP contribution in [-0.2, 0) is 33.4 Å². The van der Waals surface area contributed by atoms with E-state index in [2.05, 4.69) is 14.2 Å². The second-order valence-corrected chi connectivity index (χ2v) is 3.81. The van der Waals surface area contributed by atoms with Crippen molar-refractivity contribution in [1.82, 2.24) is 0 Å². The Bertz CT molecular complexity index is 333. The van der Waals surface area contributed by atoms with Crippen LogP contribution in [0, 0.1) is 0 Å². The lowest BCUT2D eigenvalue weighted by Crippen LogP contribution is -2.09. The third-order valence-electron chi connectivity index (χ3n) is 1.99. The fraction of sp³-hybridized carbons (Fsp3) is 0.714. The van der Waals surface area contributed by atoms with E-state index in [0.29, 0.717) is 19.8 Å². The van der Waals surface area contributed by atoms with Gasteiger partial charge in [0.2, 0.25) is 0 Å². The third kappa shape index (κ3) is 17.9. The van der Waals surface area contributed by atoms with E-state index >= 15 is 0 Å². The molecule has 0 saturated carbocycles. The molecule has 22 heavy (non-hydrogen) atoms. The number of rotatable bonds is 9. The lowest BCUT2D eigenvalue weighted by molar-refractivity contribution is -0.149. The molecule has 0 aliphatic heterocycles. The summed E-state index contributed by atoms with van der Waals surface area (Å²) in [5.41, 5.74) is 0. The molecule has 0 aliphatic rings. The Hall–Kier alpha value is -2.12. The summed E-state index contributed by atoms with van der Waals surface area (Å²) in [6.45, 7) is 6.13. The first kappa shape index (κ1) is 22.2. The second-order valence-electron chi connectivity index (χ2n) is 3.81. The van der Waals surface area contributed by atoms with Crippen molar-refractivity contribution < 1.29 is 38.5 Å². The summed E-state index contributed by atoms with van der Waals surface area (Å²) in [5, 5.41) is 8.12. The Morgan fingerprint density at radius 2 is 0.909 bits per heavy atom. The number of carboxylic acid groups (broad SMARTS) is 1. The van der Waals surface area contributed by atoms with Crippen molar-refractivity contribution in [1.29, 1.82) is 0 Å². The van der Waals surface area contributed by atoms with Crippen LogP contribution in [0.4, 0.5) is 0 Å². The summed E-state index contributed by atoms with van der Waals surface area (Å²) in [6.07, 6.45) is 0.0152. The molecule has 0 aromatic carbocycles. The molecule has 8 nitrogen and oxygen atoms in total. The van der Waals surface area contributed by atoms with Gasteiger partial charge in [0, 0.05) is 0 Å². The predicted octanol–water partition coefficient (Wildman–Crippen LogP) is 1.31.